The Labute approximate surface area is 354 Å². The molecule has 0 fully saturated rings. The summed E-state index contributed by atoms with van der Waals surface area (Å²) in [6.07, 6.45) is 3.70. The summed E-state index contributed by atoms with van der Waals surface area (Å²) in [6, 6.07) is 72.1. The topological polar surface area (TPSA) is 75.3 Å². The van der Waals surface area contributed by atoms with Gasteiger partial charge in [0.2, 0.25) is 0 Å². The Hall–Kier alpha value is -8.33. The van der Waals surface area contributed by atoms with E-state index in [1.807, 2.05) is 85.1 Å². The molecule has 0 bridgehead atoms. The van der Waals surface area contributed by atoms with Gasteiger partial charge in [-0.05, 0) is 103 Å². The summed E-state index contributed by atoms with van der Waals surface area (Å²) in [4.78, 5) is 19.8. The lowest BCUT2D eigenvalue weighted by molar-refractivity contribution is 0.769. The van der Waals surface area contributed by atoms with Crippen molar-refractivity contribution in [2.75, 3.05) is 0 Å². The lowest BCUT2D eigenvalue weighted by Crippen LogP contribution is -2.28. The standard InChI is InChI=1S/C56H35N5/c57-35-37-22-26-47(27-23-37)56(46-19-8-3-9-20-46)50-29-25-38-13-10-11-21-48(38)52(50)49-28-24-41(34-51(49)56)43-31-44(42-18-12-30-58-36-42)33-45(32-43)55-60-53(39-14-4-1-5-15-39)59-54(61-55)40-16-6-2-7-17-40/h1-34,36H. The zero-order valence-corrected chi connectivity index (χ0v) is 32.9. The van der Waals surface area contributed by atoms with Crippen molar-refractivity contribution in [3.63, 3.8) is 0 Å². The van der Waals surface area contributed by atoms with Crippen LogP contribution in [0, 0.1) is 11.3 Å². The molecule has 8 aromatic carbocycles. The summed E-state index contributed by atoms with van der Waals surface area (Å²) in [6.45, 7) is 0. The number of hydrogen-bond donors (Lipinski definition) is 0. The van der Waals surface area contributed by atoms with Crippen LogP contribution in [0.2, 0.25) is 0 Å². The number of fused-ring (bicyclic) bond motifs is 5. The molecule has 61 heavy (non-hydrogen) atoms. The van der Waals surface area contributed by atoms with Crippen molar-refractivity contribution in [3.8, 4) is 73.6 Å². The molecule has 284 valence electrons. The first kappa shape index (κ1) is 35.8. The molecular formula is C56H35N5. The molecule has 1 aliphatic rings. The van der Waals surface area contributed by atoms with Gasteiger partial charge in [-0.25, -0.2) is 15.0 Å². The van der Waals surface area contributed by atoms with Crippen LogP contribution in [0.1, 0.15) is 27.8 Å². The van der Waals surface area contributed by atoms with Gasteiger partial charge in [0, 0.05) is 34.6 Å². The second kappa shape index (κ2) is 14.8. The Bertz CT molecular complexity index is 3230. The third-order valence-electron chi connectivity index (χ3n) is 11.9. The molecular weight excluding hydrogens is 743 g/mol. The van der Waals surface area contributed by atoms with Gasteiger partial charge in [-0.1, -0.05) is 158 Å². The molecule has 0 aliphatic heterocycles. The van der Waals surface area contributed by atoms with Crippen molar-refractivity contribution in [1.29, 1.82) is 5.26 Å². The normalized spacial score (nSPS) is 14.0. The fraction of sp³-hybridized carbons (Fsp3) is 0.0179. The van der Waals surface area contributed by atoms with Gasteiger partial charge in [-0.3, -0.25) is 4.98 Å². The second-order valence-corrected chi connectivity index (χ2v) is 15.4. The summed E-state index contributed by atoms with van der Waals surface area (Å²) in [5, 5.41) is 12.3. The number of nitrogens with zero attached hydrogens (tertiary/aromatic N) is 5. The Morgan fingerprint density at radius 2 is 0.984 bits per heavy atom. The van der Waals surface area contributed by atoms with Gasteiger partial charge < -0.3 is 0 Å². The third kappa shape index (κ3) is 6.09. The van der Waals surface area contributed by atoms with Gasteiger partial charge in [0.15, 0.2) is 17.5 Å². The highest BCUT2D eigenvalue weighted by Crippen LogP contribution is 2.58. The average Bonchev–Trinajstić information content (AvgIpc) is 3.65. The molecule has 1 atom stereocenters. The first-order chi connectivity index (χ1) is 30.2. The molecule has 10 aromatic rings. The van der Waals surface area contributed by atoms with Crippen molar-refractivity contribution in [3.05, 3.63) is 240 Å². The molecule has 1 unspecified atom stereocenters. The van der Waals surface area contributed by atoms with E-state index in [-0.39, 0.29) is 0 Å². The van der Waals surface area contributed by atoms with E-state index in [9.17, 15) is 5.26 Å². The van der Waals surface area contributed by atoms with Gasteiger partial charge in [-0.15, -0.1) is 0 Å². The summed E-state index contributed by atoms with van der Waals surface area (Å²) in [7, 11) is 0. The van der Waals surface area contributed by atoms with Crippen LogP contribution in [-0.2, 0) is 5.41 Å². The van der Waals surface area contributed by atoms with E-state index in [1.54, 1.807) is 6.20 Å². The largest absolute Gasteiger partial charge is 0.264 e. The number of pyridine rings is 1. The fourth-order valence-corrected chi connectivity index (χ4v) is 9.10. The zero-order chi connectivity index (χ0) is 40.8. The van der Waals surface area contributed by atoms with E-state index in [0.29, 0.717) is 23.0 Å². The molecule has 11 rings (SSSR count). The van der Waals surface area contributed by atoms with Crippen molar-refractivity contribution in [1.82, 2.24) is 19.9 Å². The van der Waals surface area contributed by atoms with E-state index in [2.05, 4.69) is 132 Å². The van der Waals surface area contributed by atoms with Gasteiger partial charge in [0.25, 0.3) is 0 Å². The highest BCUT2D eigenvalue weighted by Gasteiger charge is 2.47. The van der Waals surface area contributed by atoms with Crippen molar-refractivity contribution < 1.29 is 0 Å². The molecule has 2 heterocycles. The molecule has 0 radical (unpaired) electrons. The van der Waals surface area contributed by atoms with E-state index in [0.717, 1.165) is 50.1 Å². The van der Waals surface area contributed by atoms with Crippen LogP contribution < -0.4 is 0 Å². The maximum absolute atomic E-state index is 9.86. The average molecular weight is 778 g/mol. The number of rotatable bonds is 7. The maximum Gasteiger partial charge on any atom is 0.164 e. The lowest BCUT2D eigenvalue weighted by atomic mass is 9.67. The Morgan fingerprint density at radius 3 is 1.64 bits per heavy atom. The predicted molar refractivity (Wildman–Crippen MR) is 244 cm³/mol. The molecule has 1 aliphatic carbocycles. The minimum atomic E-state index is -0.673. The summed E-state index contributed by atoms with van der Waals surface area (Å²) in [5.41, 5.74) is 13.8. The Balaban J connectivity index is 1.18. The van der Waals surface area contributed by atoms with Gasteiger partial charge in [-0.2, -0.15) is 5.26 Å². The molecule has 2 aromatic heterocycles. The molecule has 5 nitrogen and oxygen atoms in total. The minimum absolute atomic E-state index is 0.580. The van der Waals surface area contributed by atoms with E-state index in [4.69, 9.17) is 15.0 Å². The van der Waals surface area contributed by atoms with E-state index >= 15 is 0 Å². The minimum Gasteiger partial charge on any atom is -0.264 e. The van der Waals surface area contributed by atoms with E-state index in [1.165, 1.54) is 33.0 Å². The van der Waals surface area contributed by atoms with Gasteiger partial charge in [0.1, 0.15) is 0 Å². The molecule has 0 saturated carbocycles. The third-order valence-corrected chi connectivity index (χ3v) is 11.9. The number of benzene rings is 8. The van der Waals surface area contributed by atoms with Crippen molar-refractivity contribution in [2.45, 2.75) is 5.41 Å². The lowest BCUT2D eigenvalue weighted by Gasteiger charge is -2.34. The number of aromatic nitrogens is 4. The molecule has 0 N–H and O–H groups in total. The highest BCUT2D eigenvalue weighted by molar-refractivity contribution is 6.04. The molecule has 0 saturated heterocycles. The molecule has 0 spiro atoms. The Morgan fingerprint density at radius 1 is 0.410 bits per heavy atom. The summed E-state index contributed by atoms with van der Waals surface area (Å²) >= 11 is 0. The van der Waals surface area contributed by atoms with Gasteiger partial charge >= 0.3 is 0 Å². The van der Waals surface area contributed by atoms with Crippen LogP contribution in [0.15, 0.2) is 213 Å². The Kier molecular flexibility index (Phi) is 8.69. The van der Waals surface area contributed by atoms with Crippen molar-refractivity contribution >= 4 is 10.8 Å². The van der Waals surface area contributed by atoms with Crippen molar-refractivity contribution in [2.24, 2.45) is 0 Å². The zero-order valence-electron chi connectivity index (χ0n) is 32.9. The SMILES string of the molecule is N#Cc1ccc(C2(c3ccccc3)c3cc(-c4cc(-c5cccnc5)cc(-c5nc(-c6ccccc6)nc(-c6ccccc6)n5)c4)ccc3-c3c2ccc2ccccc32)cc1. The molecule has 0 amide bonds. The summed E-state index contributed by atoms with van der Waals surface area (Å²) < 4.78 is 0. The van der Waals surface area contributed by atoms with Crippen LogP contribution in [0.4, 0.5) is 0 Å². The highest BCUT2D eigenvalue weighted by atomic mass is 15.0. The second-order valence-electron chi connectivity index (χ2n) is 15.4. The van der Waals surface area contributed by atoms with Crippen LogP contribution >= 0.6 is 0 Å². The number of hydrogen-bond acceptors (Lipinski definition) is 5. The summed E-state index contributed by atoms with van der Waals surface area (Å²) in [5.74, 6) is 1.79. The molecule has 5 heteroatoms. The van der Waals surface area contributed by atoms with Crippen LogP contribution in [0.25, 0.3) is 78.3 Å². The van der Waals surface area contributed by atoms with Gasteiger partial charge in [0.05, 0.1) is 17.0 Å². The smallest absolute Gasteiger partial charge is 0.164 e. The predicted octanol–water partition coefficient (Wildman–Crippen LogP) is 13.0. The quantitative estimate of drug-likeness (QED) is 0.161. The monoisotopic (exact) mass is 777 g/mol. The van der Waals surface area contributed by atoms with Crippen LogP contribution in [0.5, 0.6) is 0 Å². The van der Waals surface area contributed by atoms with E-state index < -0.39 is 5.41 Å². The maximum atomic E-state index is 9.86. The fourth-order valence-electron chi connectivity index (χ4n) is 9.10. The first-order valence-electron chi connectivity index (χ1n) is 20.3. The number of nitriles is 1. The van der Waals surface area contributed by atoms with Crippen LogP contribution in [-0.4, -0.2) is 19.9 Å². The van der Waals surface area contributed by atoms with Crippen LogP contribution in [0.3, 0.4) is 0 Å². The first-order valence-corrected chi connectivity index (χ1v) is 20.3.